The van der Waals surface area contributed by atoms with Crippen molar-refractivity contribution in [3.8, 4) is 0 Å². The molecule has 0 aliphatic carbocycles. The Labute approximate surface area is 165 Å². The normalized spacial score (nSPS) is 14.7. The summed E-state index contributed by atoms with van der Waals surface area (Å²) < 4.78 is 5.31. The molecule has 1 aliphatic heterocycles. The van der Waals surface area contributed by atoms with Crippen LogP contribution in [0.5, 0.6) is 0 Å². The van der Waals surface area contributed by atoms with Crippen LogP contribution in [0.2, 0.25) is 10.0 Å². The molecule has 1 aliphatic rings. The van der Waals surface area contributed by atoms with Gasteiger partial charge in [-0.15, -0.1) is 0 Å². The van der Waals surface area contributed by atoms with Gasteiger partial charge in [-0.25, -0.2) is 9.97 Å². The molecule has 9 nitrogen and oxygen atoms in total. The molecule has 1 saturated heterocycles. The monoisotopic (exact) mass is 412 g/mol. The first-order chi connectivity index (χ1) is 13.0. The molecule has 0 spiro atoms. The molecule has 2 aromatic rings. The van der Waals surface area contributed by atoms with Gasteiger partial charge in [0, 0.05) is 31.9 Å². The summed E-state index contributed by atoms with van der Waals surface area (Å²) in [6.07, 6.45) is 1.27. The number of aromatic nitrogens is 2. The largest absolute Gasteiger partial charge is 0.379 e. The highest BCUT2D eigenvalue weighted by atomic mass is 35.5. The van der Waals surface area contributed by atoms with Gasteiger partial charge in [-0.05, 0) is 18.2 Å². The summed E-state index contributed by atoms with van der Waals surface area (Å²) in [4.78, 5) is 21.3. The van der Waals surface area contributed by atoms with Crippen molar-refractivity contribution in [2.45, 2.75) is 0 Å². The van der Waals surface area contributed by atoms with E-state index in [4.69, 9.17) is 27.9 Å². The highest BCUT2D eigenvalue weighted by molar-refractivity contribution is 6.42. The first kappa shape index (κ1) is 19.6. The number of halogens is 2. The molecule has 0 saturated carbocycles. The Morgan fingerprint density at radius 1 is 1.19 bits per heavy atom. The fraction of sp³-hybridized carbons (Fsp3) is 0.375. The summed E-state index contributed by atoms with van der Waals surface area (Å²) in [7, 11) is 0. The van der Waals surface area contributed by atoms with Crippen LogP contribution in [0.15, 0.2) is 24.5 Å². The van der Waals surface area contributed by atoms with Crippen molar-refractivity contribution < 1.29 is 9.66 Å². The van der Waals surface area contributed by atoms with Crippen molar-refractivity contribution in [1.82, 2.24) is 14.9 Å². The fourth-order valence-corrected chi connectivity index (χ4v) is 2.94. The second-order valence-electron chi connectivity index (χ2n) is 5.81. The van der Waals surface area contributed by atoms with Gasteiger partial charge in [0.2, 0.25) is 11.6 Å². The number of hydrogen-bond acceptors (Lipinski definition) is 8. The van der Waals surface area contributed by atoms with Gasteiger partial charge in [-0.1, -0.05) is 23.2 Å². The van der Waals surface area contributed by atoms with Crippen LogP contribution in [0, 0.1) is 10.1 Å². The van der Waals surface area contributed by atoms with E-state index in [2.05, 4.69) is 25.5 Å². The number of anilines is 3. The average molecular weight is 413 g/mol. The number of hydrogen-bond donors (Lipinski definition) is 2. The molecule has 0 bridgehead atoms. The van der Waals surface area contributed by atoms with E-state index in [0.717, 1.165) is 19.6 Å². The molecular formula is C16H18Cl2N6O3. The third-order valence-corrected chi connectivity index (χ3v) is 4.75. The molecular weight excluding hydrogens is 395 g/mol. The number of nitrogens with one attached hydrogen (secondary N) is 2. The maximum Gasteiger partial charge on any atom is 0.353 e. The van der Waals surface area contributed by atoms with Crippen molar-refractivity contribution in [3.63, 3.8) is 0 Å². The highest BCUT2D eigenvalue weighted by Crippen LogP contribution is 2.32. The molecule has 0 radical (unpaired) electrons. The molecule has 3 rings (SSSR count). The molecule has 2 heterocycles. The van der Waals surface area contributed by atoms with E-state index in [0.29, 0.717) is 35.5 Å². The van der Waals surface area contributed by atoms with Crippen LogP contribution in [0.3, 0.4) is 0 Å². The number of nitrogens with zero attached hydrogens (tertiary/aromatic N) is 4. The van der Waals surface area contributed by atoms with E-state index in [-0.39, 0.29) is 17.3 Å². The molecule has 1 aromatic heterocycles. The minimum atomic E-state index is -0.517. The summed E-state index contributed by atoms with van der Waals surface area (Å²) in [5.41, 5.74) is 0.302. The highest BCUT2D eigenvalue weighted by Gasteiger charge is 2.23. The Morgan fingerprint density at radius 2 is 1.93 bits per heavy atom. The Kier molecular flexibility index (Phi) is 6.62. The second kappa shape index (κ2) is 9.14. The summed E-state index contributed by atoms with van der Waals surface area (Å²) in [6.45, 7) is 4.34. The number of ether oxygens (including phenoxy) is 1. The molecule has 1 fully saturated rings. The van der Waals surface area contributed by atoms with Gasteiger partial charge in [0.1, 0.15) is 6.33 Å². The summed E-state index contributed by atoms with van der Waals surface area (Å²) >= 11 is 11.9. The zero-order valence-corrected chi connectivity index (χ0v) is 15.8. The lowest BCUT2D eigenvalue weighted by Crippen LogP contribution is -2.39. The number of morpholine rings is 1. The minimum absolute atomic E-state index is 0.0715. The molecule has 0 amide bonds. The molecule has 0 atom stereocenters. The summed E-state index contributed by atoms with van der Waals surface area (Å²) in [5, 5.41) is 18.2. The predicted molar refractivity (Wildman–Crippen MR) is 104 cm³/mol. The van der Waals surface area contributed by atoms with Crippen LogP contribution < -0.4 is 10.6 Å². The third kappa shape index (κ3) is 5.16. The molecule has 1 aromatic carbocycles. The topological polar surface area (TPSA) is 105 Å². The van der Waals surface area contributed by atoms with Gasteiger partial charge in [0.15, 0.2) is 0 Å². The van der Waals surface area contributed by atoms with Crippen molar-refractivity contribution in [2.75, 3.05) is 50.0 Å². The quantitative estimate of drug-likeness (QED) is 0.527. The molecule has 11 heteroatoms. The first-order valence-electron chi connectivity index (χ1n) is 8.30. The van der Waals surface area contributed by atoms with E-state index >= 15 is 0 Å². The summed E-state index contributed by atoms with van der Waals surface area (Å²) in [5.74, 6) is 0.230. The van der Waals surface area contributed by atoms with Crippen LogP contribution in [0.25, 0.3) is 0 Å². The zero-order valence-electron chi connectivity index (χ0n) is 14.3. The number of nitro groups is 1. The van der Waals surface area contributed by atoms with Gasteiger partial charge in [0.05, 0.1) is 28.2 Å². The smallest absolute Gasteiger partial charge is 0.353 e. The number of rotatable bonds is 7. The predicted octanol–water partition coefficient (Wildman–Crippen LogP) is 3.18. The second-order valence-corrected chi connectivity index (χ2v) is 6.63. The lowest BCUT2D eigenvalue weighted by molar-refractivity contribution is -0.383. The minimum Gasteiger partial charge on any atom is -0.379 e. The first-order valence-corrected chi connectivity index (χ1v) is 9.05. The van der Waals surface area contributed by atoms with Crippen LogP contribution in [-0.4, -0.2) is 59.2 Å². The lowest BCUT2D eigenvalue weighted by atomic mass is 10.3. The average Bonchev–Trinajstić information content (AvgIpc) is 2.65. The van der Waals surface area contributed by atoms with E-state index in [1.165, 1.54) is 6.33 Å². The zero-order chi connectivity index (χ0) is 19.2. The summed E-state index contributed by atoms with van der Waals surface area (Å²) in [6, 6.07) is 4.83. The maximum atomic E-state index is 11.6. The van der Waals surface area contributed by atoms with E-state index in [9.17, 15) is 10.1 Å². The standard InChI is InChI=1S/C16H18Cl2N6O3/c17-12-2-1-11(9-13(12)18)22-16-14(24(25)26)15(20-10-21-16)19-3-4-23-5-7-27-8-6-23/h1-2,9-10H,3-8H2,(H2,19,20,21,22). The van der Waals surface area contributed by atoms with Crippen LogP contribution in [-0.2, 0) is 4.74 Å². The van der Waals surface area contributed by atoms with E-state index in [1.54, 1.807) is 18.2 Å². The van der Waals surface area contributed by atoms with Gasteiger partial charge in [0.25, 0.3) is 0 Å². The van der Waals surface area contributed by atoms with Crippen LogP contribution in [0.1, 0.15) is 0 Å². The van der Waals surface area contributed by atoms with E-state index in [1.807, 2.05) is 0 Å². The van der Waals surface area contributed by atoms with Gasteiger partial charge < -0.3 is 15.4 Å². The SMILES string of the molecule is O=[N+]([O-])c1c(NCCN2CCOCC2)ncnc1Nc1ccc(Cl)c(Cl)c1. The fourth-order valence-electron chi connectivity index (χ4n) is 2.64. The lowest BCUT2D eigenvalue weighted by Gasteiger charge is -2.26. The molecule has 0 unspecified atom stereocenters. The Bertz CT molecular complexity index is 817. The molecule has 2 N–H and O–H groups in total. The van der Waals surface area contributed by atoms with Crippen molar-refractivity contribution in [1.29, 1.82) is 0 Å². The van der Waals surface area contributed by atoms with Gasteiger partial charge in [-0.3, -0.25) is 15.0 Å². The van der Waals surface area contributed by atoms with Crippen molar-refractivity contribution >= 4 is 46.2 Å². The molecule has 144 valence electrons. The van der Waals surface area contributed by atoms with Crippen LogP contribution >= 0.6 is 23.2 Å². The Hall–Kier alpha value is -2.20. The third-order valence-electron chi connectivity index (χ3n) is 4.01. The maximum absolute atomic E-state index is 11.6. The van der Waals surface area contributed by atoms with Gasteiger partial charge >= 0.3 is 5.69 Å². The van der Waals surface area contributed by atoms with Gasteiger partial charge in [-0.2, -0.15) is 0 Å². The Morgan fingerprint density at radius 3 is 2.63 bits per heavy atom. The van der Waals surface area contributed by atoms with E-state index < -0.39 is 4.92 Å². The molecule has 27 heavy (non-hydrogen) atoms. The van der Waals surface area contributed by atoms with Crippen molar-refractivity contribution in [3.05, 3.63) is 44.7 Å². The van der Waals surface area contributed by atoms with Crippen molar-refractivity contribution in [2.24, 2.45) is 0 Å². The Balaban J connectivity index is 1.73. The number of benzene rings is 1. The van der Waals surface area contributed by atoms with Crippen LogP contribution in [0.4, 0.5) is 23.0 Å².